The fraction of sp³-hybridized carbons (Fsp3) is 0.538. The first-order chi connectivity index (χ1) is 8.13. The van der Waals surface area contributed by atoms with E-state index in [2.05, 4.69) is 12.2 Å². The van der Waals surface area contributed by atoms with Gasteiger partial charge in [0.05, 0.1) is 24.3 Å². The van der Waals surface area contributed by atoms with Crippen LogP contribution in [0.1, 0.15) is 25.5 Å². The Kier molecular flexibility index (Phi) is 5.75. The van der Waals surface area contributed by atoms with E-state index in [1.165, 1.54) is 0 Å². The number of likely N-dealkylation sites (N-methyl/N-ethyl adjacent to an activating group) is 1. The van der Waals surface area contributed by atoms with Gasteiger partial charge in [-0.25, -0.2) is 0 Å². The summed E-state index contributed by atoms with van der Waals surface area (Å²) in [6.07, 6.45) is 0.0841. The molecule has 0 aliphatic rings. The van der Waals surface area contributed by atoms with Crippen LogP contribution in [0.2, 0.25) is 5.02 Å². The standard InChI is InChI=1S/C13H20ClNO2/c1-5-15-13(9(2)16-3)10-6-7-11(14)12(8-10)17-4/h6-9,13,15H,5H2,1-4H3. The molecular weight excluding hydrogens is 238 g/mol. The Morgan fingerprint density at radius 3 is 2.59 bits per heavy atom. The van der Waals surface area contributed by atoms with Crippen molar-refractivity contribution < 1.29 is 9.47 Å². The number of benzene rings is 1. The van der Waals surface area contributed by atoms with Crippen LogP contribution in [0.25, 0.3) is 0 Å². The van der Waals surface area contributed by atoms with E-state index in [1.54, 1.807) is 14.2 Å². The molecule has 0 saturated heterocycles. The van der Waals surface area contributed by atoms with Gasteiger partial charge in [-0.05, 0) is 31.2 Å². The predicted molar refractivity (Wildman–Crippen MR) is 70.9 cm³/mol. The lowest BCUT2D eigenvalue weighted by Crippen LogP contribution is -2.31. The van der Waals surface area contributed by atoms with Gasteiger partial charge in [0.1, 0.15) is 5.75 Å². The maximum Gasteiger partial charge on any atom is 0.137 e. The Labute approximate surface area is 108 Å². The summed E-state index contributed by atoms with van der Waals surface area (Å²) in [5.41, 5.74) is 1.11. The largest absolute Gasteiger partial charge is 0.495 e. The van der Waals surface area contributed by atoms with Crippen molar-refractivity contribution in [2.75, 3.05) is 20.8 Å². The van der Waals surface area contributed by atoms with Crippen molar-refractivity contribution in [2.45, 2.75) is 26.0 Å². The zero-order valence-electron chi connectivity index (χ0n) is 10.8. The molecule has 0 bridgehead atoms. The minimum Gasteiger partial charge on any atom is -0.495 e. The van der Waals surface area contributed by atoms with Crippen molar-refractivity contribution in [1.82, 2.24) is 5.32 Å². The van der Waals surface area contributed by atoms with Gasteiger partial charge in [-0.15, -0.1) is 0 Å². The maximum absolute atomic E-state index is 6.01. The minimum atomic E-state index is 0.0841. The third-order valence-electron chi connectivity index (χ3n) is 2.80. The summed E-state index contributed by atoms with van der Waals surface area (Å²) in [4.78, 5) is 0. The van der Waals surface area contributed by atoms with Crippen molar-refractivity contribution in [1.29, 1.82) is 0 Å². The number of ether oxygens (including phenoxy) is 2. The molecule has 0 radical (unpaired) electrons. The van der Waals surface area contributed by atoms with E-state index in [-0.39, 0.29) is 12.1 Å². The molecule has 0 heterocycles. The SMILES string of the molecule is CCNC(c1ccc(Cl)c(OC)c1)C(C)OC. The molecule has 0 saturated carbocycles. The van der Waals surface area contributed by atoms with E-state index in [1.807, 2.05) is 25.1 Å². The van der Waals surface area contributed by atoms with Crippen LogP contribution in [0, 0.1) is 0 Å². The quantitative estimate of drug-likeness (QED) is 0.850. The molecule has 2 unspecified atom stereocenters. The van der Waals surface area contributed by atoms with Crippen molar-refractivity contribution in [2.24, 2.45) is 0 Å². The third kappa shape index (κ3) is 3.60. The number of hydrogen-bond acceptors (Lipinski definition) is 3. The third-order valence-corrected chi connectivity index (χ3v) is 3.11. The lowest BCUT2D eigenvalue weighted by Gasteiger charge is -2.24. The van der Waals surface area contributed by atoms with E-state index in [0.717, 1.165) is 12.1 Å². The molecule has 0 aliphatic carbocycles. The second-order valence-corrected chi connectivity index (χ2v) is 4.28. The molecule has 0 fully saturated rings. The molecule has 4 heteroatoms. The Bertz CT molecular complexity index is 357. The number of rotatable bonds is 6. The second-order valence-electron chi connectivity index (χ2n) is 3.87. The van der Waals surface area contributed by atoms with Crippen LogP contribution >= 0.6 is 11.6 Å². The first-order valence-corrected chi connectivity index (χ1v) is 6.11. The van der Waals surface area contributed by atoms with Gasteiger partial charge in [0, 0.05) is 7.11 Å². The summed E-state index contributed by atoms with van der Waals surface area (Å²) in [6, 6.07) is 5.93. The van der Waals surface area contributed by atoms with E-state index < -0.39 is 0 Å². The molecule has 0 spiro atoms. The topological polar surface area (TPSA) is 30.5 Å². The van der Waals surface area contributed by atoms with Crippen LogP contribution in [0.4, 0.5) is 0 Å². The maximum atomic E-state index is 6.01. The molecule has 96 valence electrons. The van der Waals surface area contributed by atoms with Crippen LogP contribution in [-0.2, 0) is 4.74 Å². The molecule has 2 atom stereocenters. The van der Waals surface area contributed by atoms with Gasteiger partial charge >= 0.3 is 0 Å². The highest BCUT2D eigenvalue weighted by Crippen LogP contribution is 2.29. The van der Waals surface area contributed by atoms with Gasteiger partial charge in [-0.1, -0.05) is 24.6 Å². The Hall–Kier alpha value is -0.770. The molecule has 1 N–H and O–H groups in total. The summed E-state index contributed by atoms with van der Waals surface area (Å²) in [7, 11) is 3.33. The van der Waals surface area contributed by atoms with Crippen molar-refractivity contribution in [3.8, 4) is 5.75 Å². The van der Waals surface area contributed by atoms with E-state index in [9.17, 15) is 0 Å². The summed E-state index contributed by atoms with van der Waals surface area (Å²) >= 11 is 6.01. The van der Waals surface area contributed by atoms with Crippen LogP contribution < -0.4 is 10.1 Å². The van der Waals surface area contributed by atoms with Crippen LogP contribution in [0.15, 0.2) is 18.2 Å². The van der Waals surface area contributed by atoms with Crippen LogP contribution in [-0.4, -0.2) is 26.9 Å². The minimum absolute atomic E-state index is 0.0841. The highest BCUT2D eigenvalue weighted by atomic mass is 35.5. The summed E-state index contributed by atoms with van der Waals surface area (Å²) in [5, 5.41) is 4.02. The van der Waals surface area contributed by atoms with Crippen LogP contribution in [0.5, 0.6) is 5.75 Å². The van der Waals surface area contributed by atoms with Gasteiger partial charge in [0.15, 0.2) is 0 Å². The smallest absolute Gasteiger partial charge is 0.137 e. The monoisotopic (exact) mass is 257 g/mol. The average molecular weight is 258 g/mol. The first kappa shape index (κ1) is 14.3. The fourth-order valence-corrected chi connectivity index (χ4v) is 1.98. The summed E-state index contributed by atoms with van der Waals surface area (Å²) in [6.45, 7) is 4.99. The molecule has 17 heavy (non-hydrogen) atoms. The van der Waals surface area contributed by atoms with E-state index in [0.29, 0.717) is 10.8 Å². The van der Waals surface area contributed by atoms with Gasteiger partial charge in [-0.2, -0.15) is 0 Å². The number of halogens is 1. The summed E-state index contributed by atoms with van der Waals surface area (Å²) < 4.78 is 10.6. The lowest BCUT2D eigenvalue weighted by molar-refractivity contribution is 0.0835. The molecule has 1 aromatic carbocycles. The van der Waals surface area contributed by atoms with Gasteiger partial charge < -0.3 is 14.8 Å². The molecule has 0 amide bonds. The lowest BCUT2D eigenvalue weighted by atomic mass is 10.0. The molecule has 0 aromatic heterocycles. The molecule has 1 rings (SSSR count). The molecule has 1 aromatic rings. The highest BCUT2D eigenvalue weighted by Gasteiger charge is 2.19. The normalized spacial score (nSPS) is 14.4. The predicted octanol–water partition coefficient (Wildman–Crippen LogP) is 3.03. The van der Waals surface area contributed by atoms with Gasteiger partial charge in [0.2, 0.25) is 0 Å². The second kappa shape index (κ2) is 6.84. The number of methoxy groups -OCH3 is 2. The van der Waals surface area contributed by atoms with Crippen LogP contribution in [0.3, 0.4) is 0 Å². The molecular formula is C13H20ClNO2. The van der Waals surface area contributed by atoms with Crippen molar-refractivity contribution in [3.05, 3.63) is 28.8 Å². The summed E-state index contributed by atoms with van der Waals surface area (Å²) in [5.74, 6) is 0.690. The fourth-order valence-electron chi connectivity index (χ4n) is 1.78. The van der Waals surface area contributed by atoms with Crippen molar-refractivity contribution in [3.63, 3.8) is 0 Å². The molecule has 0 aliphatic heterocycles. The van der Waals surface area contributed by atoms with E-state index >= 15 is 0 Å². The Balaban J connectivity index is 3.01. The Morgan fingerprint density at radius 1 is 1.35 bits per heavy atom. The zero-order chi connectivity index (χ0) is 12.8. The number of nitrogens with one attached hydrogen (secondary N) is 1. The Morgan fingerprint density at radius 2 is 2.06 bits per heavy atom. The molecule has 3 nitrogen and oxygen atoms in total. The van der Waals surface area contributed by atoms with E-state index in [4.69, 9.17) is 21.1 Å². The first-order valence-electron chi connectivity index (χ1n) is 5.73. The zero-order valence-corrected chi connectivity index (χ0v) is 11.5. The van der Waals surface area contributed by atoms with Crippen molar-refractivity contribution >= 4 is 11.6 Å². The average Bonchev–Trinajstić information content (AvgIpc) is 2.36. The van der Waals surface area contributed by atoms with Gasteiger partial charge in [-0.3, -0.25) is 0 Å². The van der Waals surface area contributed by atoms with Gasteiger partial charge in [0.25, 0.3) is 0 Å². The number of hydrogen-bond donors (Lipinski definition) is 1. The highest BCUT2D eigenvalue weighted by molar-refractivity contribution is 6.32.